The number of hydrogen-bond acceptors (Lipinski definition) is 5. The Kier molecular flexibility index (Phi) is 4.07. The van der Waals surface area contributed by atoms with Gasteiger partial charge >= 0.3 is 5.97 Å². The van der Waals surface area contributed by atoms with Crippen molar-refractivity contribution < 1.29 is 24.2 Å². The highest BCUT2D eigenvalue weighted by atomic mass is 16.5. The van der Waals surface area contributed by atoms with Gasteiger partial charge in [0, 0.05) is 6.04 Å². The number of likely N-dealkylation sites (N-methyl/N-ethyl adjacent to an activating group) is 1. The molecule has 2 aliphatic heterocycles. The Morgan fingerprint density at radius 3 is 2.63 bits per heavy atom. The molecule has 4 atom stereocenters. The molecule has 0 spiro atoms. The smallest absolute Gasteiger partial charge is 0.313 e. The van der Waals surface area contributed by atoms with Crippen LogP contribution in [0.25, 0.3) is 0 Å². The summed E-state index contributed by atoms with van der Waals surface area (Å²) in [5.74, 6) is -1.42. The van der Waals surface area contributed by atoms with Crippen LogP contribution in [0.3, 0.4) is 0 Å². The highest BCUT2D eigenvalue weighted by Crippen LogP contribution is 2.29. The average molecular weight is 272 g/mol. The molecule has 19 heavy (non-hydrogen) atoms. The van der Waals surface area contributed by atoms with E-state index < -0.39 is 17.4 Å². The number of hydrogen-bond donors (Lipinski definition) is 3. The fourth-order valence-electron chi connectivity index (χ4n) is 2.46. The summed E-state index contributed by atoms with van der Waals surface area (Å²) in [5.41, 5.74) is -1.07. The van der Waals surface area contributed by atoms with Gasteiger partial charge in [-0.3, -0.25) is 9.59 Å². The van der Waals surface area contributed by atoms with E-state index in [1.165, 1.54) is 0 Å². The maximum absolute atomic E-state index is 12.2. The Morgan fingerprint density at radius 2 is 2.00 bits per heavy atom. The molecule has 2 saturated heterocycles. The Balaban J connectivity index is 2.00. The van der Waals surface area contributed by atoms with Crippen molar-refractivity contribution in [2.24, 2.45) is 11.3 Å². The van der Waals surface area contributed by atoms with Crippen molar-refractivity contribution in [1.82, 2.24) is 10.6 Å². The van der Waals surface area contributed by atoms with Crippen molar-refractivity contribution >= 4 is 11.9 Å². The second-order valence-corrected chi connectivity index (χ2v) is 5.34. The number of carbonyl (C=O) groups excluding carboxylic acids is 1. The lowest BCUT2D eigenvalue weighted by Gasteiger charge is -2.27. The molecule has 108 valence electrons. The van der Waals surface area contributed by atoms with Gasteiger partial charge in [0.2, 0.25) is 5.91 Å². The molecule has 1 amide bonds. The van der Waals surface area contributed by atoms with E-state index in [0.717, 1.165) is 0 Å². The third-order valence-electron chi connectivity index (χ3n) is 4.05. The Morgan fingerprint density at radius 1 is 1.26 bits per heavy atom. The normalized spacial score (nSPS) is 38.3. The van der Waals surface area contributed by atoms with Crippen molar-refractivity contribution in [3.63, 3.8) is 0 Å². The fourth-order valence-corrected chi connectivity index (χ4v) is 2.46. The van der Waals surface area contributed by atoms with Gasteiger partial charge in [-0.1, -0.05) is 0 Å². The van der Waals surface area contributed by atoms with Crippen LogP contribution in [0.15, 0.2) is 0 Å². The second-order valence-electron chi connectivity index (χ2n) is 5.34. The quantitative estimate of drug-likeness (QED) is 0.596. The van der Waals surface area contributed by atoms with Crippen LogP contribution in [0.5, 0.6) is 0 Å². The van der Waals surface area contributed by atoms with Crippen molar-refractivity contribution in [2.75, 3.05) is 33.5 Å². The van der Waals surface area contributed by atoms with Crippen LogP contribution in [0.2, 0.25) is 0 Å². The molecule has 3 N–H and O–H groups in total. The predicted octanol–water partition coefficient (Wildman–Crippen LogP) is -1.17. The largest absolute Gasteiger partial charge is 0.481 e. The number of amides is 1. The van der Waals surface area contributed by atoms with Gasteiger partial charge in [0.25, 0.3) is 0 Å². The van der Waals surface area contributed by atoms with Crippen molar-refractivity contribution in [2.45, 2.75) is 19.0 Å². The minimum atomic E-state index is -1.07. The predicted molar refractivity (Wildman–Crippen MR) is 65.6 cm³/mol. The highest BCUT2D eigenvalue weighted by molar-refractivity contribution is 5.82. The average Bonchev–Trinajstić information content (AvgIpc) is 2.97. The number of ether oxygens (including phenoxy) is 2. The van der Waals surface area contributed by atoms with Crippen LogP contribution >= 0.6 is 0 Å². The molecule has 0 aromatic carbocycles. The van der Waals surface area contributed by atoms with E-state index in [-0.39, 0.29) is 31.1 Å². The third kappa shape index (κ3) is 2.58. The van der Waals surface area contributed by atoms with Crippen LogP contribution < -0.4 is 10.6 Å². The third-order valence-corrected chi connectivity index (χ3v) is 4.05. The summed E-state index contributed by atoms with van der Waals surface area (Å²) in [4.78, 5) is 23.5. The summed E-state index contributed by atoms with van der Waals surface area (Å²) >= 11 is 0. The summed E-state index contributed by atoms with van der Waals surface area (Å²) in [5, 5.41) is 15.1. The van der Waals surface area contributed by atoms with Gasteiger partial charge in [0.05, 0.1) is 38.4 Å². The molecule has 0 saturated carbocycles. The first-order valence-corrected chi connectivity index (χ1v) is 6.35. The first-order chi connectivity index (χ1) is 8.99. The van der Waals surface area contributed by atoms with Gasteiger partial charge in [-0.05, 0) is 14.0 Å². The van der Waals surface area contributed by atoms with Crippen molar-refractivity contribution in [3.8, 4) is 0 Å². The lowest BCUT2D eigenvalue weighted by atomic mass is 9.85. The molecule has 0 radical (unpaired) electrons. The molecule has 2 fully saturated rings. The van der Waals surface area contributed by atoms with Gasteiger partial charge in [-0.25, -0.2) is 0 Å². The molecule has 2 aliphatic rings. The summed E-state index contributed by atoms with van der Waals surface area (Å²) in [6.07, 6.45) is 0. The number of nitrogens with one attached hydrogen (secondary N) is 2. The topological polar surface area (TPSA) is 96.9 Å². The van der Waals surface area contributed by atoms with Gasteiger partial charge in [0.1, 0.15) is 5.41 Å². The number of carboxylic acid groups (broad SMARTS) is 1. The summed E-state index contributed by atoms with van der Waals surface area (Å²) in [6.45, 7) is 2.78. The zero-order valence-corrected chi connectivity index (χ0v) is 11.1. The SMILES string of the molecule is CNC1COCC1C(=O)NC1COCC1(C)C(=O)O. The first kappa shape index (κ1) is 14.2. The van der Waals surface area contributed by atoms with Crippen LogP contribution in [-0.4, -0.2) is 62.5 Å². The minimum absolute atomic E-state index is 0.0293. The van der Waals surface area contributed by atoms with Gasteiger partial charge in [-0.2, -0.15) is 0 Å². The number of carbonyl (C=O) groups is 2. The molecular weight excluding hydrogens is 252 g/mol. The van der Waals surface area contributed by atoms with Gasteiger partial charge in [-0.15, -0.1) is 0 Å². The molecule has 7 heteroatoms. The second kappa shape index (κ2) is 5.44. The maximum atomic E-state index is 12.2. The molecule has 2 heterocycles. The standard InChI is InChI=1S/C12H20N2O5/c1-12(11(16)17)6-19-5-9(12)14-10(15)7-3-18-4-8(7)13-2/h7-9,13H,3-6H2,1-2H3,(H,14,15)(H,16,17). The maximum Gasteiger partial charge on any atom is 0.313 e. The summed E-state index contributed by atoms with van der Waals surface area (Å²) in [7, 11) is 1.78. The molecular formula is C12H20N2O5. The Labute approximate surface area is 111 Å². The lowest BCUT2D eigenvalue weighted by molar-refractivity contribution is -0.149. The summed E-state index contributed by atoms with van der Waals surface area (Å²) in [6, 6.07) is -0.533. The molecule has 7 nitrogen and oxygen atoms in total. The number of aliphatic carboxylic acids is 1. The van der Waals surface area contributed by atoms with E-state index in [1.54, 1.807) is 14.0 Å². The molecule has 0 bridgehead atoms. The Hall–Kier alpha value is -1.18. The molecule has 2 rings (SSSR count). The zero-order valence-electron chi connectivity index (χ0n) is 11.1. The van der Waals surface area contributed by atoms with E-state index >= 15 is 0 Å². The molecule has 0 aromatic heterocycles. The van der Waals surface area contributed by atoms with Crippen molar-refractivity contribution in [1.29, 1.82) is 0 Å². The highest BCUT2D eigenvalue weighted by Gasteiger charge is 2.48. The fraction of sp³-hybridized carbons (Fsp3) is 0.833. The van der Waals surface area contributed by atoms with Crippen LogP contribution in [-0.2, 0) is 19.1 Å². The monoisotopic (exact) mass is 272 g/mol. The van der Waals surface area contributed by atoms with E-state index in [9.17, 15) is 14.7 Å². The van der Waals surface area contributed by atoms with E-state index in [0.29, 0.717) is 13.2 Å². The lowest BCUT2D eigenvalue weighted by Crippen LogP contribution is -2.53. The van der Waals surface area contributed by atoms with Gasteiger partial charge < -0.3 is 25.2 Å². The van der Waals surface area contributed by atoms with E-state index in [1.807, 2.05) is 0 Å². The van der Waals surface area contributed by atoms with E-state index in [4.69, 9.17) is 9.47 Å². The minimum Gasteiger partial charge on any atom is -0.481 e. The Bertz CT molecular complexity index is 375. The zero-order chi connectivity index (χ0) is 14.0. The summed E-state index contributed by atoms with van der Waals surface area (Å²) < 4.78 is 10.5. The van der Waals surface area contributed by atoms with Crippen molar-refractivity contribution in [3.05, 3.63) is 0 Å². The molecule has 0 aliphatic carbocycles. The van der Waals surface area contributed by atoms with Crippen LogP contribution in [0, 0.1) is 11.3 Å². The van der Waals surface area contributed by atoms with E-state index in [2.05, 4.69) is 10.6 Å². The van der Waals surface area contributed by atoms with Crippen LogP contribution in [0.1, 0.15) is 6.92 Å². The first-order valence-electron chi connectivity index (χ1n) is 6.35. The number of rotatable bonds is 4. The number of carboxylic acids is 1. The molecule has 0 aromatic rings. The van der Waals surface area contributed by atoms with Crippen LogP contribution in [0.4, 0.5) is 0 Å². The van der Waals surface area contributed by atoms with Gasteiger partial charge in [0.15, 0.2) is 0 Å². The molecule has 4 unspecified atom stereocenters.